The molecule has 0 spiro atoms. The summed E-state index contributed by atoms with van der Waals surface area (Å²) in [6, 6.07) is 40.8. The van der Waals surface area contributed by atoms with Gasteiger partial charge in [0.25, 0.3) is 0 Å². The molecule has 0 fully saturated rings. The van der Waals surface area contributed by atoms with Gasteiger partial charge in [0.05, 0.1) is 11.1 Å². The molecule has 209 valence electrons. The summed E-state index contributed by atoms with van der Waals surface area (Å²) in [5.41, 5.74) is 7.41. The van der Waals surface area contributed by atoms with Gasteiger partial charge in [-0.05, 0) is 47.1 Å². The Morgan fingerprint density at radius 1 is 0.690 bits per heavy atom. The number of benzene rings is 4. The van der Waals surface area contributed by atoms with Gasteiger partial charge in [-0.1, -0.05) is 78.9 Å². The van der Waals surface area contributed by atoms with Crippen molar-refractivity contribution in [1.82, 2.24) is 9.97 Å². The van der Waals surface area contributed by atoms with Crippen LogP contribution >= 0.6 is 0 Å². The average molecular weight is 727 g/mol. The first-order valence-electron chi connectivity index (χ1n) is 13.6. The van der Waals surface area contributed by atoms with Gasteiger partial charge in [0.2, 0.25) is 0 Å². The van der Waals surface area contributed by atoms with E-state index in [2.05, 4.69) is 48.1 Å². The summed E-state index contributed by atoms with van der Waals surface area (Å²) in [7, 11) is 0. The smallest absolute Gasteiger partial charge is 0.134 e. The van der Waals surface area contributed by atoms with E-state index < -0.39 is 0 Å². The van der Waals surface area contributed by atoms with Gasteiger partial charge in [0, 0.05) is 37.9 Å². The molecule has 5 heteroatoms. The second-order valence-electron chi connectivity index (χ2n) is 9.98. The van der Waals surface area contributed by atoms with Crippen LogP contribution in [0.5, 0.6) is 0 Å². The second-order valence-corrected chi connectivity index (χ2v) is 9.98. The van der Waals surface area contributed by atoms with Crippen molar-refractivity contribution in [1.29, 1.82) is 0 Å². The average Bonchev–Trinajstić information content (AvgIpc) is 3.41. The minimum absolute atomic E-state index is 0. The summed E-state index contributed by atoms with van der Waals surface area (Å²) in [6.45, 7) is 4.38. The first kappa shape index (κ1) is 29.1. The van der Waals surface area contributed by atoms with Crippen molar-refractivity contribution < 1.29 is 28.9 Å². The fourth-order valence-electron chi connectivity index (χ4n) is 4.86. The SMILES string of the molecule is CC(C)c1ccnc(-c2[c-]cccc2)c1.Fc1ccc2c(oc3c(-c4ccccn4)[c-]ccc32)c1-c1ccccc1.[Ir]. The third kappa shape index (κ3) is 5.94. The van der Waals surface area contributed by atoms with Crippen LogP contribution in [0.1, 0.15) is 25.3 Å². The number of hydrogen-bond acceptors (Lipinski definition) is 3. The number of furan rings is 1. The zero-order valence-electron chi connectivity index (χ0n) is 23.1. The van der Waals surface area contributed by atoms with Crippen molar-refractivity contribution in [2.24, 2.45) is 0 Å². The molecule has 1 radical (unpaired) electrons. The predicted octanol–water partition coefficient (Wildman–Crippen LogP) is 9.92. The molecular weight excluding hydrogens is 700 g/mol. The topological polar surface area (TPSA) is 38.9 Å². The predicted molar refractivity (Wildman–Crippen MR) is 164 cm³/mol. The molecule has 0 aliphatic carbocycles. The van der Waals surface area contributed by atoms with Crippen molar-refractivity contribution in [2.75, 3.05) is 0 Å². The summed E-state index contributed by atoms with van der Waals surface area (Å²) in [5.74, 6) is 0.238. The minimum Gasteiger partial charge on any atom is -0.500 e. The van der Waals surface area contributed by atoms with Gasteiger partial charge in [0.1, 0.15) is 11.4 Å². The first-order chi connectivity index (χ1) is 20.1. The number of rotatable bonds is 4. The molecular formula is C37H27FIrN2O-2. The van der Waals surface area contributed by atoms with E-state index in [0.29, 0.717) is 22.6 Å². The third-order valence-electron chi connectivity index (χ3n) is 6.97. The second kappa shape index (κ2) is 13.0. The largest absolute Gasteiger partial charge is 0.500 e. The van der Waals surface area contributed by atoms with E-state index in [-0.39, 0.29) is 25.9 Å². The quantitative estimate of drug-likeness (QED) is 0.170. The third-order valence-corrected chi connectivity index (χ3v) is 6.97. The first-order valence-corrected chi connectivity index (χ1v) is 13.6. The normalized spacial score (nSPS) is 10.8. The van der Waals surface area contributed by atoms with Gasteiger partial charge in [-0.2, -0.15) is 0 Å². The van der Waals surface area contributed by atoms with E-state index in [1.807, 2.05) is 91.1 Å². The molecule has 0 aliphatic rings. The molecule has 0 bridgehead atoms. The van der Waals surface area contributed by atoms with E-state index in [1.165, 1.54) is 11.6 Å². The molecule has 42 heavy (non-hydrogen) atoms. The van der Waals surface area contributed by atoms with Crippen LogP contribution in [0.3, 0.4) is 0 Å². The Morgan fingerprint density at radius 2 is 1.45 bits per heavy atom. The fourth-order valence-corrected chi connectivity index (χ4v) is 4.86. The van der Waals surface area contributed by atoms with Crippen molar-refractivity contribution in [2.45, 2.75) is 19.8 Å². The van der Waals surface area contributed by atoms with E-state index in [4.69, 9.17) is 4.42 Å². The summed E-state index contributed by atoms with van der Waals surface area (Å²) in [5, 5.41) is 1.81. The van der Waals surface area contributed by atoms with Crippen LogP contribution in [0.25, 0.3) is 55.6 Å². The van der Waals surface area contributed by atoms with E-state index in [0.717, 1.165) is 38.9 Å². The maximum absolute atomic E-state index is 14.7. The molecule has 7 rings (SSSR count). The van der Waals surface area contributed by atoms with Gasteiger partial charge >= 0.3 is 0 Å². The van der Waals surface area contributed by atoms with Gasteiger partial charge in [-0.25, -0.2) is 4.39 Å². The Balaban J connectivity index is 0.000000189. The summed E-state index contributed by atoms with van der Waals surface area (Å²) in [4.78, 5) is 8.76. The Hall–Kier alpha value is -4.44. The number of hydrogen-bond donors (Lipinski definition) is 0. The molecule has 0 amide bonds. The molecule has 3 nitrogen and oxygen atoms in total. The number of aromatic nitrogens is 2. The van der Waals surface area contributed by atoms with Crippen LogP contribution in [0, 0.1) is 17.9 Å². The Bertz CT molecular complexity index is 1920. The van der Waals surface area contributed by atoms with Gasteiger partial charge < -0.3 is 14.4 Å². The summed E-state index contributed by atoms with van der Waals surface area (Å²) in [6.07, 6.45) is 3.60. The molecule has 7 aromatic rings. The van der Waals surface area contributed by atoms with Crippen molar-refractivity contribution in [3.63, 3.8) is 0 Å². The van der Waals surface area contributed by atoms with Crippen LogP contribution in [0.4, 0.5) is 4.39 Å². The molecule has 3 aromatic heterocycles. The van der Waals surface area contributed by atoms with Crippen LogP contribution in [0.2, 0.25) is 0 Å². The molecule has 4 aromatic carbocycles. The molecule has 0 N–H and O–H groups in total. The van der Waals surface area contributed by atoms with Crippen LogP contribution in [-0.2, 0) is 20.1 Å². The number of halogens is 1. The molecule has 0 atom stereocenters. The summed E-state index contributed by atoms with van der Waals surface area (Å²) < 4.78 is 20.9. The van der Waals surface area contributed by atoms with E-state index in [1.54, 1.807) is 12.3 Å². The molecule has 3 heterocycles. The minimum atomic E-state index is -0.300. The molecule has 0 saturated heterocycles. The number of fused-ring (bicyclic) bond motifs is 3. The van der Waals surface area contributed by atoms with Crippen molar-refractivity contribution in [3.05, 3.63) is 145 Å². The van der Waals surface area contributed by atoms with Crippen molar-refractivity contribution in [3.8, 4) is 33.6 Å². The molecule has 0 unspecified atom stereocenters. The summed E-state index contributed by atoms with van der Waals surface area (Å²) >= 11 is 0. The maximum Gasteiger partial charge on any atom is 0.134 e. The molecule has 0 aliphatic heterocycles. The zero-order chi connectivity index (χ0) is 28.2. The van der Waals surface area contributed by atoms with Gasteiger partial charge in [0.15, 0.2) is 0 Å². The van der Waals surface area contributed by atoms with Crippen LogP contribution in [0.15, 0.2) is 126 Å². The van der Waals surface area contributed by atoms with Crippen LogP contribution < -0.4 is 0 Å². The van der Waals surface area contributed by atoms with E-state index in [9.17, 15) is 4.39 Å². The van der Waals surface area contributed by atoms with Gasteiger partial charge in [-0.3, -0.25) is 0 Å². The zero-order valence-corrected chi connectivity index (χ0v) is 25.5. The molecule has 0 saturated carbocycles. The number of pyridine rings is 2. The standard InChI is InChI=1S/C23H13FNO.C14H14N.Ir/c24-19-13-12-17-16-9-6-10-18(20-11-4-5-14-25-20)22(16)26-23(17)21(19)15-7-2-1-3-8-15;1-11(2)13-8-9-15-14(10-13)12-6-4-3-5-7-12;/h1-9,11-14H;3-6,8-11H,1-2H3;/q2*-1;. The van der Waals surface area contributed by atoms with Crippen molar-refractivity contribution >= 4 is 21.9 Å². The Kier molecular flexibility index (Phi) is 9.02. The number of nitrogens with zero attached hydrogens (tertiary/aromatic N) is 2. The monoisotopic (exact) mass is 727 g/mol. The maximum atomic E-state index is 14.7. The fraction of sp³-hybridized carbons (Fsp3) is 0.0811. The van der Waals surface area contributed by atoms with Crippen LogP contribution in [-0.4, -0.2) is 9.97 Å². The van der Waals surface area contributed by atoms with Gasteiger partial charge in [-0.15, -0.1) is 54.1 Å². The van der Waals surface area contributed by atoms with E-state index >= 15 is 0 Å². The Morgan fingerprint density at radius 3 is 2.19 bits per heavy atom. The Labute approximate surface area is 258 Å².